The van der Waals surface area contributed by atoms with Crippen LogP contribution in [0.25, 0.3) is 0 Å². The predicted octanol–water partition coefficient (Wildman–Crippen LogP) is 4.58. The number of benzene rings is 1. The van der Waals surface area contributed by atoms with Crippen molar-refractivity contribution in [2.24, 2.45) is 11.1 Å². The van der Waals surface area contributed by atoms with Crippen LogP contribution >= 0.6 is 0 Å². The first-order valence-corrected chi connectivity index (χ1v) is 9.62. The number of hydrogen-bond donors (Lipinski definition) is 1. The van der Waals surface area contributed by atoms with Crippen LogP contribution in [-0.2, 0) is 9.53 Å². The lowest BCUT2D eigenvalue weighted by atomic mass is 9.69. The number of ketones is 1. The standard InChI is InChI=1S/C23H28N2O3/c1-12(2)14-8-15(13(3)7-18(14)27-6)20-16(11-24)22(25)28-19-10-23(4,5)9-17(26)21(19)20/h7-8,12,20H,9-10,25H2,1-6H3. The zero-order valence-electron chi connectivity index (χ0n) is 17.5. The van der Waals surface area contributed by atoms with Gasteiger partial charge in [0, 0.05) is 18.4 Å². The minimum atomic E-state index is -0.499. The Kier molecular flexibility index (Phi) is 5.01. The molecule has 5 heteroatoms. The summed E-state index contributed by atoms with van der Waals surface area (Å²) in [5, 5.41) is 9.82. The fraction of sp³-hybridized carbons (Fsp3) is 0.478. The van der Waals surface area contributed by atoms with Gasteiger partial charge in [-0.2, -0.15) is 5.26 Å². The van der Waals surface area contributed by atoms with E-state index in [4.69, 9.17) is 15.2 Å². The lowest BCUT2D eigenvalue weighted by molar-refractivity contribution is -0.119. The van der Waals surface area contributed by atoms with Crippen molar-refractivity contribution in [1.29, 1.82) is 5.26 Å². The molecule has 0 saturated heterocycles. The highest BCUT2D eigenvalue weighted by atomic mass is 16.5. The fourth-order valence-corrected chi connectivity index (χ4v) is 4.25. The molecule has 0 aromatic heterocycles. The molecule has 5 nitrogen and oxygen atoms in total. The molecule has 1 aromatic rings. The van der Waals surface area contributed by atoms with Crippen molar-refractivity contribution >= 4 is 5.78 Å². The average molecular weight is 380 g/mol. The highest BCUT2D eigenvalue weighted by Crippen LogP contribution is 2.49. The van der Waals surface area contributed by atoms with E-state index >= 15 is 0 Å². The quantitative estimate of drug-likeness (QED) is 0.830. The van der Waals surface area contributed by atoms with E-state index in [0.717, 1.165) is 22.4 Å². The van der Waals surface area contributed by atoms with Gasteiger partial charge in [0.25, 0.3) is 0 Å². The molecule has 1 atom stereocenters. The predicted molar refractivity (Wildman–Crippen MR) is 108 cm³/mol. The maximum atomic E-state index is 13.1. The Morgan fingerprint density at radius 1 is 1.32 bits per heavy atom. The molecule has 0 radical (unpaired) electrons. The minimum absolute atomic E-state index is 0.0258. The molecule has 1 heterocycles. The van der Waals surface area contributed by atoms with Crippen LogP contribution in [0.2, 0.25) is 0 Å². The first-order chi connectivity index (χ1) is 13.1. The zero-order valence-corrected chi connectivity index (χ0v) is 17.5. The van der Waals surface area contributed by atoms with Crippen LogP contribution < -0.4 is 10.5 Å². The number of nitrogens with zero attached hydrogens (tertiary/aromatic N) is 1. The molecule has 0 fully saturated rings. The van der Waals surface area contributed by atoms with E-state index in [-0.39, 0.29) is 23.0 Å². The lowest BCUT2D eigenvalue weighted by Crippen LogP contribution is -2.33. The summed E-state index contributed by atoms with van der Waals surface area (Å²) in [6, 6.07) is 6.22. The van der Waals surface area contributed by atoms with Crippen LogP contribution in [-0.4, -0.2) is 12.9 Å². The molecule has 1 unspecified atom stereocenters. The summed E-state index contributed by atoms with van der Waals surface area (Å²) in [5.41, 5.74) is 9.72. The van der Waals surface area contributed by atoms with Gasteiger partial charge in [-0.15, -0.1) is 0 Å². The Hall–Kier alpha value is -2.74. The van der Waals surface area contributed by atoms with Gasteiger partial charge in [-0.05, 0) is 41.0 Å². The molecule has 1 aliphatic heterocycles. The molecule has 148 valence electrons. The number of ether oxygens (including phenoxy) is 2. The second-order valence-corrected chi connectivity index (χ2v) is 8.81. The summed E-state index contributed by atoms with van der Waals surface area (Å²) in [7, 11) is 1.65. The maximum absolute atomic E-state index is 13.1. The Morgan fingerprint density at radius 2 is 2.00 bits per heavy atom. The average Bonchev–Trinajstić information content (AvgIpc) is 2.58. The lowest BCUT2D eigenvalue weighted by Gasteiger charge is -2.37. The minimum Gasteiger partial charge on any atom is -0.496 e. The Bertz CT molecular complexity index is 945. The van der Waals surface area contributed by atoms with Crippen molar-refractivity contribution in [3.63, 3.8) is 0 Å². The third-order valence-corrected chi connectivity index (χ3v) is 5.63. The molecular formula is C23H28N2O3. The van der Waals surface area contributed by atoms with E-state index in [2.05, 4.69) is 26.0 Å². The number of hydrogen-bond acceptors (Lipinski definition) is 5. The summed E-state index contributed by atoms with van der Waals surface area (Å²) in [6.07, 6.45) is 1.05. The van der Waals surface area contributed by atoms with E-state index in [1.807, 2.05) is 26.8 Å². The normalized spacial score (nSPS) is 21.4. The second-order valence-electron chi connectivity index (χ2n) is 8.81. The molecule has 2 aliphatic rings. The zero-order chi connectivity index (χ0) is 20.8. The number of carbonyl (C=O) groups excluding carboxylic acids is 1. The summed E-state index contributed by atoms with van der Waals surface area (Å²) >= 11 is 0. The molecular weight excluding hydrogens is 352 g/mol. The van der Waals surface area contributed by atoms with E-state index in [0.29, 0.717) is 29.7 Å². The van der Waals surface area contributed by atoms with Crippen molar-refractivity contribution in [3.8, 4) is 11.8 Å². The Balaban J connectivity index is 2.27. The van der Waals surface area contributed by atoms with Gasteiger partial charge in [-0.1, -0.05) is 33.8 Å². The molecule has 2 N–H and O–H groups in total. The number of allylic oxidation sites excluding steroid dienone is 3. The van der Waals surface area contributed by atoms with E-state index in [9.17, 15) is 10.1 Å². The van der Waals surface area contributed by atoms with Crippen LogP contribution in [0.15, 0.2) is 34.9 Å². The van der Waals surface area contributed by atoms with Crippen LogP contribution in [0.5, 0.6) is 5.75 Å². The summed E-state index contributed by atoms with van der Waals surface area (Å²) in [4.78, 5) is 13.1. The van der Waals surface area contributed by atoms with E-state index < -0.39 is 5.92 Å². The van der Waals surface area contributed by atoms with Gasteiger partial charge in [0.2, 0.25) is 5.88 Å². The van der Waals surface area contributed by atoms with Crippen molar-refractivity contribution in [2.45, 2.75) is 59.3 Å². The first kappa shape index (κ1) is 20.0. The van der Waals surface area contributed by atoms with Crippen LogP contribution in [0.3, 0.4) is 0 Å². The molecule has 0 bridgehead atoms. The summed E-state index contributed by atoms with van der Waals surface area (Å²) in [6.45, 7) is 10.2. The summed E-state index contributed by atoms with van der Waals surface area (Å²) < 4.78 is 11.3. The Morgan fingerprint density at radius 3 is 2.57 bits per heavy atom. The third-order valence-electron chi connectivity index (χ3n) is 5.63. The van der Waals surface area contributed by atoms with Crippen molar-refractivity contribution < 1.29 is 14.3 Å². The second kappa shape index (κ2) is 7.01. The number of Topliss-reactive ketones (excluding diaryl/α,β-unsaturated/α-hetero) is 1. The largest absolute Gasteiger partial charge is 0.496 e. The van der Waals surface area contributed by atoms with Gasteiger partial charge in [-0.3, -0.25) is 4.79 Å². The number of carbonyl (C=O) groups is 1. The van der Waals surface area contributed by atoms with E-state index in [1.54, 1.807) is 7.11 Å². The van der Waals surface area contributed by atoms with Gasteiger partial charge in [-0.25, -0.2) is 0 Å². The molecule has 28 heavy (non-hydrogen) atoms. The molecule has 0 saturated carbocycles. The number of nitrogens with two attached hydrogens (primary N) is 1. The summed E-state index contributed by atoms with van der Waals surface area (Å²) in [5.74, 6) is 1.26. The third kappa shape index (κ3) is 3.28. The number of aryl methyl sites for hydroxylation is 1. The van der Waals surface area contributed by atoms with E-state index in [1.165, 1.54) is 0 Å². The van der Waals surface area contributed by atoms with Crippen molar-refractivity contribution in [2.75, 3.05) is 7.11 Å². The molecule has 3 rings (SSSR count). The molecule has 1 aliphatic carbocycles. The monoisotopic (exact) mass is 380 g/mol. The fourth-order valence-electron chi connectivity index (χ4n) is 4.25. The van der Waals surface area contributed by atoms with Crippen LogP contribution in [0.4, 0.5) is 0 Å². The number of rotatable bonds is 3. The molecule has 1 aromatic carbocycles. The van der Waals surface area contributed by atoms with Gasteiger partial charge in [0.15, 0.2) is 5.78 Å². The number of nitriles is 1. The first-order valence-electron chi connectivity index (χ1n) is 9.62. The van der Waals surface area contributed by atoms with Crippen LogP contribution in [0.1, 0.15) is 69.1 Å². The van der Waals surface area contributed by atoms with Gasteiger partial charge in [0.1, 0.15) is 23.2 Å². The van der Waals surface area contributed by atoms with Gasteiger partial charge >= 0.3 is 0 Å². The Labute approximate surface area is 166 Å². The van der Waals surface area contributed by atoms with Gasteiger partial charge < -0.3 is 15.2 Å². The molecule has 0 amide bonds. The molecule has 0 spiro atoms. The van der Waals surface area contributed by atoms with Crippen molar-refractivity contribution in [1.82, 2.24) is 0 Å². The topological polar surface area (TPSA) is 85.3 Å². The number of methoxy groups -OCH3 is 1. The maximum Gasteiger partial charge on any atom is 0.205 e. The van der Waals surface area contributed by atoms with Crippen LogP contribution in [0, 0.1) is 23.7 Å². The van der Waals surface area contributed by atoms with Crippen molar-refractivity contribution in [3.05, 3.63) is 51.6 Å². The highest BCUT2D eigenvalue weighted by Gasteiger charge is 2.43. The van der Waals surface area contributed by atoms with Gasteiger partial charge in [0.05, 0.1) is 13.0 Å². The SMILES string of the molecule is COc1cc(C)c(C2C(C#N)=C(N)OC3=C2C(=O)CC(C)(C)C3)cc1C(C)C. The highest BCUT2D eigenvalue weighted by molar-refractivity contribution is 6.00. The smallest absolute Gasteiger partial charge is 0.205 e.